The molecule has 2 unspecified atom stereocenters. The molecule has 2 saturated carbocycles. The lowest BCUT2D eigenvalue weighted by atomic mass is 9.72. The Morgan fingerprint density at radius 2 is 1.84 bits per heavy atom. The van der Waals surface area contributed by atoms with Crippen molar-refractivity contribution in [3.8, 4) is 0 Å². The molecule has 2 aliphatic carbocycles. The highest BCUT2D eigenvalue weighted by Crippen LogP contribution is 2.36. The summed E-state index contributed by atoms with van der Waals surface area (Å²) in [7, 11) is 0. The Bertz CT molecular complexity index is 258. The van der Waals surface area contributed by atoms with Gasteiger partial charge in [0.05, 0.1) is 0 Å². The normalized spacial score (nSPS) is 33.8. The van der Waals surface area contributed by atoms with Crippen molar-refractivity contribution in [2.45, 2.75) is 89.6 Å². The molecule has 2 nitrogen and oxygen atoms in total. The number of nitrogens with two attached hydrogens (primary N) is 1. The molecule has 0 aliphatic heterocycles. The number of rotatable bonds is 5. The smallest absolute Gasteiger partial charge is 0.0309 e. The molecule has 112 valence electrons. The monoisotopic (exact) mass is 266 g/mol. The van der Waals surface area contributed by atoms with Crippen LogP contribution in [-0.2, 0) is 0 Å². The van der Waals surface area contributed by atoms with E-state index in [1.807, 2.05) is 0 Å². The van der Waals surface area contributed by atoms with Crippen LogP contribution in [0.5, 0.6) is 0 Å². The maximum Gasteiger partial charge on any atom is 0.0309 e. The summed E-state index contributed by atoms with van der Waals surface area (Å²) >= 11 is 0. The van der Waals surface area contributed by atoms with Crippen LogP contribution in [0.25, 0.3) is 0 Å². The van der Waals surface area contributed by atoms with Gasteiger partial charge in [0, 0.05) is 18.1 Å². The Morgan fingerprint density at radius 3 is 2.47 bits per heavy atom. The molecular formula is C17H34N2. The Balaban J connectivity index is 1.91. The molecule has 0 aromatic carbocycles. The minimum Gasteiger partial charge on any atom is -0.329 e. The van der Waals surface area contributed by atoms with Crippen LogP contribution in [0.3, 0.4) is 0 Å². The molecule has 2 rings (SSSR count). The van der Waals surface area contributed by atoms with E-state index in [2.05, 4.69) is 19.2 Å². The van der Waals surface area contributed by atoms with Crippen molar-refractivity contribution < 1.29 is 0 Å². The van der Waals surface area contributed by atoms with E-state index in [0.717, 1.165) is 24.4 Å². The van der Waals surface area contributed by atoms with Crippen molar-refractivity contribution in [3.63, 3.8) is 0 Å². The zero-order chi connectivity index (χ0) is 13.7. The van der Waals surface area contributed by atoms with Gasteiger partial charge in [0.25, 0.3) is 0 Å². The van der Waals surface area contributed by atoms with E-state index in [-0.39, 0.29) is 5.54 Å². The third-order valence-electron chi connectivity index (χ3n) is 5.26. The van der Waals surface area contributed by atoms with Crippen molar-refractivity contribution in [2.24, 2.45) is 17.6 Å². The molecule has 2 atom stereocenters. The number of hydrogen-bond donors (Lipinski definition) is 2. The molecule has 0 amide bonds. The van der Waals surface area contributed by atoms with Gasteiger partial charge in [0.1, 0.15) is 0 Å². The second-order valence-corrected chi connectivity index (χ2v) is 7.56. The van der Waals surface area contributed by atoms with E-state index in [1.54, 1.807) is 0 Å². The highest BCUT2D eigenvalue weighted by atomic mass is 15.0. The van der Waals surface area contributed by atoms with Gasteiger partial charge in [-0.2, -0.15) is 0 Å². The summed E-state index contributed by atoms with van der Waals surface area (Å²) in [6, 6.07) is 0.745. The highest BCUT2D eigenvalue weighted by Gasteiger charge is 2.36. The zero-order valence-corrected chi connectivity index (χ0v) is 13.1. The summed E-state index contributed by atoms with van der Waals surface area (Å²) in [6.45, 7) is 5.54. The van der Waals surface area contributed by atoms with Crippen LogP contribution in [0.1, 0.15) is 78.1 Å². The number of nitrogens with one attached hydrogen (secondary N) is 1. The standard InChI is InChI=1S/C17H34N2/c1-14(2)11-15-7-6-10-17(12-15,13-18)19-16-8-4-3-5-9-16/h14-16,19H,3-13,18H2,1-2H3. The molecule has 0 bridgehead atoms. The summed E-state index contributed by atoms with van der Waals surface area (Å²) in [5, 5.41) is 4.00. The largest absolute Gasteiger partial charge is 0.329 e. The Hall–Kier alpha value is -0.0800. The SMILES string of the molecule is CC(C)CC1CCCC(CN)(NC2CCCCC2)C1. The van der Waals surface area contributed by atoms with E-state index in [0.29, 0.717) is 0 Å². The van der Waals surface area contributed by atoms with Crippen LogP contribution >= 0.6 is 0 Å². The molecule has 2 fully saturated rings. The van der Waals surface area contributed by atoms with Crippen molar-refractivity contribution in [2.75, 3.05) is 6.54 Å². The first-order chi connectivity index (χ1) is 9.13. The van der Waals surface area contributed by atoms with E-state index in [1.165, 1.54) is 64.2 Å². The van der Waals surface area contributed by atoms with Crippen LogP contribution in [0.2, 0.25) is 0 Å². The quantitative estimate of drug-likeness (QED) is 0.793. The van der Waals surface area contributed by atoms with Crippen LogP contribution in [0.4, 0.5) is 0 Å². The van der Waals surface area contributed by atoms with Gasteiger partial charge in [-0.05, 0) is 43.9 Å². The predicted octanol–water partition coefficient (Wildman–Crippen LogP) is 3.84. The molecule has 0 aromatic rings. The Labute approximate surface area is 119 Å². The highest BCUT2D eigenvalue weighted by molar-refractivity contribution is 4.97. The molecule has 0 spiro atoms. The molecule has 2 aliphatic rings. The second-order valence-electron chi connectivity index (χ2n) is 7.56. The summed E-state index contributed by atoms with van der Waals surface area (Å²) < 4.78 is 0. The summed E-state index contributed by atoms with van der Waals surface area (Å²) in [4.78, 5) is 0. The minimum atomic E-state index is 0.264. The van der Waals surface area contributed by atoms with Crippen molar-refractivity contribution >= 4 is 0 Å². The topological polar surface area (TPSA) is 38.0 Å². The molecule has 2 heteroatoms. The van der Waals surface area contributed by atoms with Gasteiger partial charge in [-0.3, -0.25) is 0 Å². The van der Waals surface area contributed by atoms with Gasteiger partial charge < -0.3 is 11.1 Å². The lowest BCUT2D eigenvalue weighted by Crippen LogP contribution is -2.57. The van der Waals surface area contributed by atoms with Crippen LogP contribution < -0.4 is 11.1 Å². The molecule has 0 aromatic heterocycles. The predicted molar refractivity (Wildman–Crippen MR) is 83.2 cm³/mol. The fourth-order valence-corrected chi connectivity index (χ4v) is 4.41. The summed E-state index contributed by atoms with van der Waals surface area (Å²) in [5.74, 6) is 1.72. The van der Waals surface area contributed by atoms with Gasteiger partial charge in [-0.1, -0.05) is 46.0 Å². The second kappa shape index (κ2) is 7.08. The average Bonchev–Trinajstić information content (AvgIpc) is 2.39. The molecule has 0 heterocycles. The van der Waals surface area contributed by atoms with Crippen molar-refractivity contribution in [1.82, 2.24) is 5.32 Å². The molecule has 0 radical (unpaired) electrons. The van der Waals surface area contributed by atoms with Crippen molar-refractivity contribution in [3.05, 3.63) is 0 Å². The van der Waals surface area contributed by atoms with Gasteiger partial charge in [-0.25, -0.2) is 0 Å². The fourth-order valence-electron chi connectivity index (χ4n) is 4.41. The third kappa shape index (κ3) is 4.46. The summed E-state index contributed by atoms with van der Waals surface area (Å²) in [5.41, 5.74) is 6.45. The van der Waals surface area contributed by atoms with Crippen LogP contribution in [0, 0.1) is 11.8 Å². The average molecular weight is 266 g/mol. The molecular weight excluding hydrogens is 232 g/mol. The number of hydrogen-bond acceptors (Lipinski definition) is 2. The molecule has 3 N–H and O–H groups in total. The fraction of sp³-hybridized carbons (Fsp3) is 1.00. The van der Waals surface area contributed by atoms with Crippen molar-refractivity contribution in [1.29, 1.82) is 0 Å². The van der Waals surface area contributed by atoms with Gasteiger partial charge >= 0.3 is 0 Å². The summed E-state index contributed by atoms with van der Waals surface area (Å²) in [6.07, 6.45) is 13.8. The zero-order valence-electron chi connectivity index (χ0n) is 13.1. The third-order valence-corrected chi connectivity index (χ3v) is 5.26. The van der Waals surface area contributed by atoms with E-state index < -0.39 is 0 Å². The molecule has 19 heavy (non-hydrogen) atoms. The van der Waals surface area contributed by atoms with Gasteiger partial charge in [-0.15, -0.1) is 0 Å². The lowest BCUT2D eigenvalue weighted by molar-refractivity contribution is 0.143. The van der Waals surface area contributed by atoms with E-state index >= 15 is 0 Å². The first kappa shape index (κ1) is 15.3. The minimum absolute atomic E-state index is 0.264. The first-order valence-corrected chi connectivity index (χ1v) is 8.61. The van der Waals surface area contributed by atoms with E-state index in [9.17, 15) is 0 Å². The lowest BCUT2D eigenvalue weighted by Gasteiger charge is -2.44. The van der Waals surface area contributed by atoms with Crippen LogP contribution in [-0.4, -0.2) is 18.1 Å². The van der Waals surface area contributed by atoms with Gasteiger partial charge in [0.15, 0.2) is 0 Å². The first-order valence-electron chi connectivity index (χ1n) is 8.61. The Kier molecular flexibility index (Phi) is 5.70. The maximum absolute atomic E-state index is 6.19. The van der Waals surface area contributed by atoms with Crippen LogP contribution in [0.15, 0.2) is 0 Å². The maximum atomic E-state index is 6.19. The van der Waals surface area contributed by atoms with Gasteiger partial charge in [0.2, 0.25) is 0 Å². The Morgan fingerprint density at radius 1 is 1.11 bits per heavy atom. The molecule has 0 saturated heterocycles. The van der Waals surface area contributed by atoms with E-state index in [4.69, 9.17) is 5.73 Å².